The van der Waals surface area contributed by atoms with E-state index in [-0.39, 0.29) is 11.8 Å². The molecule has 0 aromatic heterocycles. The summed E-state index contributed by atoms with van der Waals surface area (Å²) in [6.45, 7) is 17.3. The molecule has 0 aromatic rings. The minimum atomic E-state index is -1.32. The molecule has 0 bridgehead atoms. The fourth-order valence-corrected chi connectivity index (χ4v) is 7.38. The maximum atomic E-state index is 10.4. The summed E-state index contributed by atoms with van der Waals surface area (Å²) in [5.74, 6) is -2.06. The molecule has 0 amide bonds. The lowest BCUT2D eigenvalue weighted by molar-refractivity contribution is -0.587. The fourth-order valence-electron chi connectivity index (χ4n) is 7.38. The predicted octanol–water partition coefficient (Wildman–Crippen LogP) is 14.9. The van der Waals surface area contributed by atoms with E-state index in [1.165, 1.54) is 128 Å². The molecule has 4 atom stereocenters. The lowest BCUT2D eigenvalue weighted by atomic mass is 9.87. The van der Waals surface area contributed by atoms with Gasteiger partial charge in [-0.3, -0.25) is 0 Å². The Morgan fingerprint density at radius 1 is 0.375 bits per heavy atom. The summed E-state index contributed by atoms with van der Waals surface area (Å²) in [5.41, 5.74) is 0. The lowest BCUT2D eigenvalue weighted by Gasteiger charge is -2.41. The van der Waals surface area contributed by atoms with E-state index < -0.39 is 11.6 Å². The molecule has 4 unspecified atom stereocenters. The van der Waals surface area contributed by atoms with E-state index >= 15 is 0 Å². The Balaban J connectivity index is 5.09. The van der Waals surface area contributed by atoms with Crippen LogP contribution >= 0.6 is 0 Å². The molecule has 0 heterocycles. The van der Waals surface area contributed by atoms with Gasteiger partial charge in [0.1, 0.15) is 0 Å². The van der Waals surface area contributed by atoms with Crippen molar-refractivity contribution in [3.63, 3.8) is 0 Å². The molecule has 290 valence electrons. The van der Waals surface area contributed by atoms with Gasteiger partial charge in [0.25, 0.3) is 0 Å². The van der Waals surface area contributed by atoms with Crippen molar-refractivity contribution < 1.29 is 30.1 Å². The first kappa shape index (κ1) is 47.8. The molecule has 0 radical (unpaired) electrons. The molecule has 0 saturated heterocycles. The van der Waals surface area contributed by atoms with Crippen molar-refractivity contribution in [1.82, 2.24) is 0 Å². The Kier molecular flexibility index (Phi) is 31.3. The minimum absolute atomic E-state index is 0.112. The summed E-state index contributed by atoms with van der Waals surface area (Å²) < 4.78 is 0. The van der Waals surface area contributed by atoms with Crippen LogP contribution in [0.15, 0.2) is 0 Å². The topological polar surface area (TPSA) is 77.4 Å². The van der Waals surface area contributed by atoms with E-state index in [2.05, 4.69) is 55.4 Å². The van der Waals surface area contributed by atoms with Crippen molar-refractivity contribution >= 4 is 0 Å². The first-order valence-electron chi connectivity index (χ1n) is 21.1. The molecule has 0 fully saturated rings. The molecule has 0 rings (SSSR count). The van der Waals surface area contributed by atoms with Crippen LogP contribution in [0.2, 0.25) is 0 Å². The molecule has 0 saturated carbocycles. The molecule has 0 aliphatic heterocycles. The Labute approximate surface area is 300 Å². The second-order valence-corrected chi connectivity index (χ2v) is 16.3. The van der Waals surface area contributed by atoms with E-state index in [4.69, 9.17) is 19.6 Å². The largest absolute Gasteiger partial charge is 0.249 e. The average molecular weight is 687 g/mol. The molecular weight excluding hydrogens is 600 g/mol. The zero-order valence-corrected chi connectivity index (χ0v) is 33.6. The number of hydrogen-bond acceptors (Lipinski definition) is 6. The van der Waals surface area contributed by atoms with Crippen molar-refractivity contribution in [2.24, 2.45) is 23.7 Å². The summed E-state index contributed by atoms with van der Waals surface area (Å²) in [4.78, 5) is 22.9. The molecule has 0 aliphatic rings. The zero-order chi connectivity index (χ0) is 35.9. The van der Waals surface area contributed by atoms with Gasteiger partial charge in [-0.1, -0.05) is 197 Å². The van der Waals surface area contributed by atoms with E-state index in [0.29, 0.717) is 24.7 Å². The van der Waals surface area contributed by atoms with Crippen LogP contribution < -0.4 is 0 Å². The van der Waals surface area contributed by atoms with Crippen LogP contribution in [0.5, 0.6) is 0 Å². The lowest BCUT2D eigenvalue weighted by Crippen LogP contribution is -2.49. The zero-order valence-electron chi connectivity index (χ0n) is 33.6. The standard InChI is InChI=1S/C42H86O6/c1-9-11-13-15-17-19-21-23-25-27-29-31-33-41(45-43,39(7)35-37(3)4)47-48-42(46-44,40(8)36-38(5)6)34-32-30-28-26-24-22-20-18-16-14-12-10-2/h37-40,43-44H,9-36H2,1-8H3. The molecule has 48 heavy (non-hydrogen) atoms. The monoisotopic (exact) mass is 687 g/mol. The maximum absolute atomic E-state index is 10.4. The summed E-state index contributed by atoms with van der Waals surface area (Å²) in [7, 11) is 0. The van der Waals surface area contributed by atoms with Crippen molar-refractivity contribution in [1.29, 1.82) is 0 Å². The highest BCUT2D eigenvalue weighted by atomic mass is 17.3. The van der Waals surface area contributed by atoms with Crippen LogP contribution in [-0.2, 0) is 19.6 Å². The molecule has 2 N–H and O–H groups in total. The quantitative estimate of drug-likeness (QED) is 0.0293. The first-order valence-corrected chi connectivity index (χ1v) is 21.1. The first-order chi connectivity index (χ1) is 23.1. The van der Waals surface area contributed by atoms with Gasteiger partial charge in [-0.25, -0.2) is 20.3 Å². The summed E-state index contributed by atoms with van der Waals surface area (Å²) in [6.07, 6.45) is 32.9. The van der Waals surface area contributed by atoms with Crippen molar-refractivity contribution in [2.45, 2.75) is 247 Å². The fraction of sp³-hybridized carbons (Fsp3) is 1.00. The summed E-state index contributed by atoms with van der Waals surface area (Å²) in [5, 5.41) is 20.7. The third-order valence-corrected chi connectivity index (χ3v) is 10.5. The van der Waals surface area contributed by atoms with Gasteiger partial charge in [-0.05, 0) is 37.5 Å². The highest BCUT2D eigenvalue weighted by molar-refractivity contribution is 4.79. The van der Waals surface area contributed by atoms with E-state index in [1.54, 1.807) is 0 Å². The van der Waals surface area contributed by atoms with Gasteiger partial charge < -0.3 is 0 Å². The van der Waals surface area contributed by atoms with Gasteiger partial charge in [0.15, 0.2) is 0 Å². The third kappa shape index (κ3) is 23.3. The molecule has 0 aromatic carbocycles. The minimum Gasteiger partial charge on any atom is -0.249 e. The van der Waals surface area contributed by atoms with Gasteiger partial charge >= 0.3 is 0 Å². The SMILES string of the molecule is CCCCCCCCCCCCCCC(OO)(OOC(CCCCCCCCCCCCCC)(OO)C(C)CC(C)C)C(C)CC(C)C. The molecular formula is C42H86O6. The van der Waals surface area contributed by atoms with Crippen LogP contribution in [-0.4, -0.2) is 22.1 Å². The highest BCUT2D eigenvalue weighted by Gasteiger charge is 2.47. The molecule has 6 nitrogen and oxygen atoms in total. The van der Waals surface area contributed by atoms with Gasteiger partial charge in [0.05, 0.1) is 0 Å². The van der Waals surface area contributed by atoms with E-state index in [0.717, 1.165) is 38.5 Å². The van der Waals surface area contributed by atoms with Gasteiger partial charge in [0, 0.05) is 24.7 Å². The molecule has 0 spiro atoms. The van der Waals surface area contributed by atoms with Crippen LogP contribution in [0.1, 0.15) is 235 Å². The average Bonchev–Trinajstić information content (AvgIpc) is 3.05. The van der Waals surface area contributed by atoms with Crippen molar-refractivity contribution in [2.75, 3.05) is 0 Å². The van der Waals surface area contributed by atoms with Gasteiger partial charge in [0.2, 0.25) is 11.6 Å². The highest BCUT2D eigenvalue weighted by Crippen LogP contribution is 2.39. The predicted molar refractivity (Wildman–Crippen MR) is 204 cm³/mol. The number of hydrogen-bond donors (Lipinski definition) is 2. The van der Waals surface area contributed by atoms with E-state index in [1.807, 2.05) is 0 Å². The molecule has 6 heteroatoms. The van der Waals surface area contributed by atoms with Crippen LogP contribution in [0.25, 0.3) is 0 Å². The third-order valence-electron chi connectivity index (χ3n) is 10.5. The Bertz CT molecular complexity index is 617. The summed E-state index contributed by atoms with van der Waals surface area (Å²) in [6, 6.07) is 0. The summed E-state index contributed by atoms with van der Waals surface area (Å²) >= 11 is 0. The number of rotatable bonds is 37. The Hall–Kier alpha value is -0.240. The van der Waals surface area contributed by atoms with Crippen molar-refractivity contribution in [3.8, 4) is 0 Å². The van der Waals surface area contributed by atoms with Gasteiger partial charge in [-0.2, -0.15) is 9.78 Å². The van der Waals surface area contributed by atoms with Crippen molar-refractivity contribution in [3.05, 3.63) is 0 Å². The second-order valence-electron chi connectivity index (χ2n) is 16.3. The second kappa shape index (κ2) is 31.5. The van der Waals surface area contributed by atoms with E-state index in [9.17, 15) is 10.5 Å². The normalized spacial score (nSPS) is 16.0. The van der Waals surface area contributed by atoms with Crippen LogP contribution in [0, 0.1) is 23.7 Å². The van der Waals surface area contributed by atoms with Gasteiger partial charge in [-0.15, -0.1) is 0 Å². The van der Waals surface area contributed by atoms with Crippen LogP contribution in [0.4, 0.5) is 0 Å². The molecule has 0 aliphatic carbocycles. The smallest absolute Gasteiger partial charge is 0.236 e. The Morgan fingerprint density at radius 2 is 0.604 bits per heavy atom. The van der Waals surface area contributed by atoms with Crippen LogP contribution in [0.3, 0.4) is 0 Å². The Morgan fingerprint density at radius 3 is 0.812 bits per heavy atom. The number of unbranched alkanes of at least 4 members (excludes halogenated alkanes) is 22. The maximum Gasteiger partial charge on any atom is 0.236 e.